The summed E-state index contributed by atoms with van der Waals surface area (Å²) in [6, 6.07) is 0. The van der Waals surface area contributed by atoms with Gasteiger partial charge in [-0.1, -0.05) is 0 Å². The fourth-order valence-corrected chi connectivity index (χ4v) is 3.61. The molecule has 2 rings (SSSR count). The highest BCUT2D eigenvalue weighted by Gasteiger charge is 2.16. The van der Waals surface area contributed by atoms with Gasteiger partial charge in [0.1, 0.15) is 0 Å². The second-order valence-electron chi connectivity index (χ2n) is 4.58. The third-order valence-corrected chi connectivity index (χ3v) is 4.58. The van der Waals surface area contributed by atoms with Crippen LogP contribution in [0.1, 0.15) is 19.3 Å². The molecule has 0 aromatic carbocycles. The summed E-state index contributed by atoms with van der Waals surface area (Å²) in [7, 11) is 0. The molecule has 1 unspecified atom stereocenters. The quantitative estimate of drug-likeness (QED) is 0.738. The van der Waals surface area contributed by atoms with Crippen molar-refractivity contribution in [2.24, 2.45) is 11.8 Å². The third-order valence-electron chi connectivity index (χ3n) is 3.35. The highest BCUT2D eigenvalue weighted by atomic mass is 32.2. The van der Waals surface area contributed by atoms with E-state index in [0.717, 1.165) is 11.8 Å². The first kappa shape index (κ1) is 10.8. The van der Waals surface area contributed by atoms with Crippen LogP contribution in [0.3, 0.4) is 0 Å². The lowest BCUT2D eigenvalue weighted by atomic mass is 9.98. The minimum atomic E-state index is 0.935. The molecule has 0 amide bonds. The van der Waals surface area contributed by atoms with Gasteiger partial charge in [-0.05, 0) is 68.8 Å². The van der Waals surface area contributed by atoms with Crippen molar-refractivity contribution in [3.63, 3.8) is 0 Å². The van der Waals surface area contributed by atoms with Crippen LogP contribution in [0.15, 0.2) is 0 Å². The summed E-state index contributed by atoms with van der Waals surface area (Å²) >= 11 is 2.12. The fraction of sp³-hybridized carbons (Fsp3) is 1.00. The van der Waals surface area contributed by atoms with Crippen molar-refractivity contribution in [3.05, 3.63) is 0 Å². The number of rotatable bonds is 4. The van der Waals surface area contributed by atoms with E-state index in [2.05, 4.69) is 22.4 Å². The molecular formula is C11H22N2S. The zero-order valence-electron chi connectivity index (χ0n) is 8.93. The van der Waals surface area contributed by atoms with E-state index in [9.17, 15) is 0 Å². The number of piperidine rings is 1. The van der Waals surface area contributed by atoms with Crippen LogP contribution in [0, 0.1) is 11.8 Å². The first-order valence-corrected chi connectivity index (χ1v) is 7.10. The van der Waals surface area contributed by atoms with Crippen LogP contribution < -0.4 is 10.6 Å². The van der Waals surface area contributed by atoms with Gasteiger partial charge < -0.3 is 10.6 Å². The first-order chi connectivity index (χ1) is 6.95. The minimum Gasteiger partial charge on any atom is -0.317 e. The zero-order chi connectivity index (χ0) is 9.64. The molecule has 0 aromatic rings. The van der Waals surface area contributed by atoms with Crippen molar-refractivity contribution < 1.29 is 0 Å². The Kier molecular flexibility index (Phi) is 4.61. The molecule has 2 aliphatic heterocycles. The second-order valence-corrected chi connectivity index (χ2v) is 5.73. The lowest BCUT2D eigenvalue weighted by Gasteiger charge is -2.23. The number of hydrogen-bond acceptors (Lipinski definition) is 3. The maximum Gasteiger partial charge on any atom is -0.00122 e. The van der Waals surface area contributed by atoms with E-state index in [0.29, 0.717) is 0 Å². The fourth-order valence-electron chi connectivity index (χ4n) is 2.32. The molecule has 3 heteroatoms. The van der Waals surface area contributed by atoms with Gasteiger partial charge in [-0.25, -0.2) is 0 Å². The lowest BCUT2D eigenvalue weighted by Crippen LogP contribution is -2.35. The van der Waals surface area contributed by atoms with E-state index in [1.807, 2.05) is 0 Å². The molecule has 2 heterocycles. The SMILES string of the molecule is C1CC(CNCC2CCSC2)CCN1. The molecule has 0 bridgehead atoms. The summed E-state index contributed by atoms with van der Waals surface area (Å²) in [5.41, 5.74) is 0. The molecule has 0 aliphatic carbocycles. The van der Waals surface area contributed by atoms with E-state index in [4.69, 9.17) is 0 Å². The van der Waals surface area contributed by atoms with Crippen LogP contribution >= 0.6 is 11.8 Å². The standard InChI is InChI=1S/C11H22N2S/c1-4-12-5-2-10(1)7-13-8-11-3-6-14-9-11/h10-13H,1-9H2. The number of thioether (sulfide) groups is 1. The third kappa shape index (κ3) is 3.44. The van der Waals surface area contributed by atoms with E-state index in [1.165, 1.54) is 56.9 Å². The molecule has 2 N–H and O–H groups in total. The number of nitrogens with one attached hydrogen (secondary N) is 2. The summed E-state index contributed by atoms with van der Waals surface area (Å²) < 4.78 is 0. The van der Waals surface area contributed by atoms with Crippen LogP contribution in [0.4, 0.5) is 0 Å². The van der Waals surface area contributed by atoms with Crippen LogP contribution in [0.25, 0.3) is 0 Å². The molecule has 0 radical (unpaired) electrons. The van der Waals surface area contributed by atoms with E-state index in [1.54, 1.807) is 0 Å². The highest BCUT2D eigenvalue weighted by Crippen LogP contribution is 2.22. The topological polar surface area (TPSA) is 24.1 Å². The van der Waals surface area contributed by atoms with E-state index >= 15 is 0 Å². The van der Waals surface area contributed by atoms with Crippen LogP contribution in [0.5, 0.6) is 0 Å². The Balaban J connectivity index is 1.52. The van der Waals surface area contributed by atoms with Crippen LogP contribution in [-0.4, -0.2) is 37.7 Å². The Bertz CT molecular complexity index is 151. The Morgan fingerprint density at radius 3 is 2.57 bits per heavy atom. The van der Waals surface area contributed by atoms with Crippen molar-refractivity contribution in [1.29, 1.82) is 0 Å². The Labute approximate surface area is 91.6 Å². The summed E-state index contributed by atoms with van der Waals surface area (Å²) in [5, 5.41) is 7.07. The summed E-state index contributed by atoms with van der Waals surface area (Å²) in [6.07, 6.45) is 4.17. The smallest absolute Gasteiger partial charge is 0.00122 e. The van der Waals surface area contributed by atoms with E-state index in [-0.39, 0.29) is 0 Å². The van der Waals surface area contributed by atoms with Gasteiger partial charge in [0, 0.05) is 0 Å². The largest absolute Gasteiger partial charge is 0.317 e. The van der Waals surface area contributed by atoms with Gasteiger partial charge >= 0.3 is 0 Å². The maximum atomic E-state index is 3.66. The summed E-state index contributed by atoms with van der Waals surface area (Å²) in [5.74, 6) is 4.67. The molecule has 2 fully saturated rings. The molecule has 0 saturated carbocycles. The van der Waals surface area contributed by atoms with Crippen LogP contribution in [-0.2, 0) is 0 Å². The van der Waals surface area contributed by atoms with Gasteiger partial charge in [0.15, 0.2) is 0 Å². The van der Waals surface area contributed by atoms with Crippen molar-refractivity contribution in [1.82, 2.24) is 10.6 Å². The summed E-state index contributed by atoms with van der Waals surface area (Å²) in [4.78, 5) is 0. The molecule has 2 nitrogen and oxygen atoms in total. The molecule has 1 atom stereocenters. The van der Waals surface area contributed by atoms with Gasteiger partial charge in [-0.15, -0.1) is 0 Å². The molecule has 2 aliphatic rings. The van der Waals surface area contributed by atoms with Crippen molar-refractivity contribution in [2.75, 3.05) is 37.7 Å². The van der Waals surface area contributed by atoms with Gasteiger partial charge in [0.25, 0.3) is 0 Å². The van der Waals surface area contributed by atoms with Crippen molar-refractivity contribution in [2.45, 2.75) is 19.3 Å². The average molecular weight is 214 g/mol. The second kappa shape index (κ2) is 5.99. The van der Waals surface area contributed by atoms with Crippen LogP contribution in [0.2, 0.25) is 0 Å². The molecule has 14 heavy (non-hydrogen) atoms. The zero-order valence-corrected chi connectivity index (χ0v) is 9.74. The molecule has 82 valence electrons. The first-order valence-electron chi connectivity index (χ1n) is 5.94. The molecular weight excluding hydrogens is 192 g/mol. The van der Waals surface area contributed by atoms with Crippen molar-refractivity contribution in [3.8, 4) is 0 Å². The summed E-state index contributed by atoms with van der Waals surface area (Å²) in [6.45, 7) is 4.97. The van der Waals surface area contributed by atoms with Gasteiger partial charge in [-0.2, -0.15) is 11.8 Å². The van der Waals surface area contributed by atoms with Gasteiger partial charge in [0.05, 0.1) is 0 Å². The Morgan fingerprint density at radius 1 is 1.07 bits per heavy atom. The molecule has 2 saturated heterocycles. The van der Waals surface area contributed by atoms with Gasteiger partial charge in [-0.3, -0.25) is 0 Å². The monoisotopic (exact) mass is 214 g/mol. The molecule has 0 aromatic heterocycles. The minimum absolute atomic E-state index is 0.935. The predicted molar refractivity (Wildman–Crippen MR) is 63.9 cm³/mol. The normalized spacial score (nSPS) is 29.6. The highest BCUT2D eigenvalue weighted by molar-refractivity contribution is 7.99. The molecule has 0 spiro atoms. The Morgan fingerprint density at radius 2 is 1.86 bits per heavy atom. The maximum absolute atomic E-state index is 3.66. The average Bonchev–Trinajstić information content (AvgIpc) is 2.72. The Hall–Kier alpha value is 0.270. The lowest BCUT2D eigenvalue weighted by molar-refractivity contribution is 0.348. The predicted octanol–water partition coefficient (Wildman–Crippen LogP) is 1.33. The number of hydrogen-bond donors (Lipinski definition) is 2. The van der Waals surface area contributed by atoms with Gasteiger partial charge in [0.2, 0.25) is 0 Å². The van der Waals surface area contributed by atoms with E-state index < -0.39 is 0 Å². The van der Waals surface area contributed by atoms with Crippen molar-refractivity contribution >= 4 is 11.8 Å².